The lowest BCUT2D eigenvalue weighted by molar-refractivity contribution is -0.127. The first-order valence-corrected chi connectivity index (χ1v) is 7.21. The Morgan fingerprint density at radius 1 is 1.25 bits per heavy atom. The summed E-state index contributed by atoms with van der Waals surface area (Å²) in [6.07, 6.45) is 1.27. The fourth-order valence-electron chi connectivity index (χ4n) is 1.95. The predicted molar refractivity (Wildman–Crippen MR) is 87.6 cm³/mol. The molecule has 0 saturated heterocycles. The van der Waals surface area contributed by atoms with Crippen LogP contribution in [0.2, 0.25) is 0 Å². The van der Waals surface area contributed by atoms with Crippen LogP contribution in [-0.4, -0.2) is 61.5 Å². The van der Waals surface area contributed by atoms with E-state index in [1.165, 1.54) is 25.3 Å². The summed E-state index contributed by atoms with van der Waals surface area (Å²) in [6.45, 7) is -0.440. The molecular formula is C16H21N3O5. The number of hydrogen-bond donors (Lipinski definition) is 3. The van der Waals surface area contributed by atoms with Crippen LogP contribution in [0.4, 0.5) is 5.69 Å². The van der Waals surface area contributed by atoms with Crippen molar-refractivity contribution in [2.45, 2.75) is 0 Å². The molecule has 0 saturated carbocycles. The van der Waals surface area contributed by atoms with Crippen molar-refractivity contribution in [3.8, 4) is 17.6 Å². The summed E-state index contributed by atoms with van der Waals surface area (Å²) < 4.78 is 10.3. The second-order valence-electron chi connectivity index (χ2n) is 4.62. The van der Waals surface area contributed by atoms with Gasteiger partial charge in [-0.25, -0.2) is 0 Å². The largest absolute Gasteiger partial charge is 0.493 e. The minimum atomic E-state index is -0.575. The lowest BCUT2D eigenvalue weighted by atomic mass is 10.2. The molecule has 1 rings (SSSR count). The van der Waals surface area contributed by atoms with Crippen LogP contribution in [0.25, 0.3) is 0 Å². The summed E-state index contributed by atoms with van der Waals surface area (Å²) in [7, 11) is 3.03. The second kappa shape index (κ2) is 10.1. The molecule has 0 heterocycles. The molecule has 1 aromatic rings. The zero-order valence-corrected chi connectivity index (χ0v) is 13.7. The maximum Gasteiger partial charge on any atom is 0.266 e. The van der Waals surface area contributed by atoms with Crippen LogP contribution in [0, 0.1) is 11.3 Å². The van der Waals surface area contributed by atoms with Crippen LogP contribution in [0.1, 0.15) is 0 Å². The molecule has 0 fully saturated rings. The molecule has 0 aliphatic rings. The Kier molecular flexibility index (Phi) is 8.11. The van der Waals surface area contributed by atoms with Crippen LogP contribution >= 0.6 is 0 Å². The lowest BCUT2D eigenvalue weighted by Crippen LogP contribution is -2.36. The summed E-state index contributed by atoms with van der Waals surface area (Å²) in [5, 5.41) is 29.9. The van der Waals surface area contributed by atoms with Gasteiger partial charge in [0.1, 0.15) is 11.6 Å². The van der Waals surface area contributed by atoms with Crippen LogP contribution < -0.4 is 14.8 Å². The molecule has 130 valence electrons. The Morgan fingerprint density at radius 2 is 1.88 bits per heavy atom. The van der Waals surface area contributed by atoms with E-state index in [0.29, 0.717) is 17.2 Å². The topological polar surface area (TPSA) is 115 Å². The molecule has 24 heavy (non-hydrogen) atoms. The summed E-state index contributed by atoms with van der Waals surface area (Å²) in [5.41, 5.74) is 0.454. The minimum Gasteiger partial charge on any atom is -0.493 e. The SMILES string of the molecule is COc1ccc(N/C=C(/C#N)C(=O)N(CCO)CCO)cc1OC. The highest BCUT2D eigenvalue weighted by atomic mass is 16.5. The average Bonchev–Trinajstić information content (AvgIpc) is 2.61. The first-order chi connectivity index (χ1) is 11.6. The first-order valence-electron chi connectivity index (χ1n) is 7.21. The molecule has 0 spiro atoms. The van der Waals surface area contributed by atoms with Gasteiger partial charge in [-0.15, -0.1) is 0 Å². The van der Waals surface area contributed by atoms with Crippen LogP contribution in [0.3, 0.4) is 0 Å². The lowest BCUT2D eigenvalue weighted by Gasteiger charge is -2.20. The van der Waals surface area contributed by atoms with Gasteiger partial charge < -0.3 is 29.9 Å². The van der Waals surface area contributed by atoms with Crippen molar-refractivity contribution in [2.75, 3.05) is 45.8 Å². The Bertz CT molecular complexity index is 619. The van der Waals surface area contributed by atoms with Gasteiger partial charge in [-0.1, -0.05) is 0 Å². The number of nitrogens with zero attached hydrogens (tertiary/aromatic N) is 2. The number of amides is 1. The van der Waals surface area contributed by atoms with Crippen molar-refractivity contribution in [3.05, 3.63) is 30.0 Å². The van der Waals surface area contributed by atoms with Gasteiger partial charge in [0.15, 0.2) is 11.5 Å². The fraction of sp³-hybridized carbons (Fsp3) is 0.375. The van der Waals surface area contributed by atoms with E-state index in [2.05, 4.69) is 5.32 Å². The van der Waals surface area contributed by atoms with Crippen LogP contribution in [0.15, 0.2) is 30.0 Å². The van der Waals surface area contributed by atoms with Crippen molar-refractivity contribution in [2.24, 2.45) is 0 Å². The Morgan fingerprint density at radius 3 is 2.38 bits per heavy atom. The number of carbonyl (C=O) groups excluding carboxylic acids is 1. The minimum absolute atomic E-state index is 0.0365. The van der Waals surface area contributed by atoms with Gasteiger partial charge >= 0.3 is 0 Å². The zero-order chi connectivity index (χ0) is 17.9. The summed E-state index contributed by atoms with van der Waals surface area (Å²) in [4.78, 5) is 13.4. The van der Waals surface area contributed by atoms with Crippen molar-refractivity contribution in [1.29, 1.82) is 5.26 Å². The molecule has 0 aliphatic carbocycles. The molecule has 0 bridgehead atoms. The van der Waals surface area contributed by atoms with Gasteiger partial charge in [0.05, 0.1) is 27.4 Å². The molecule has 0 radical (unpaired) electrons. The van der Waals surface area contributed by atoms with Crippen LogP contribution in [-0.2, 0) is 4.79 Å². The van der Waals surface area contributed by atoms with Gasteiger partial charge in [-0.3, -0.25) is 4.79 Å². The number of hydrogen-bond acceptors (Lipinski definition) is 7. The normalized spacial score (nSPS) is 10.7. The number of anilines is 1. The molecule has 8 nitrogen and oxygen atoms in total. The fourth-order valence-corrected chi connectivity index (χ4v) is 1.95. The highest BCUT2D eigenvalue weighted by molar-refractivity contribution is 5.97. The van der Waals surface area contributed by atoms with Gasteiger partial charge in [-0.2, -0.15) is 5.26 Å². The first kappa shape index (κ1) is 19.3. The number of nitrogens with one attached hydrogen (secondary N) is 1. The molecular weight excluding hydrogens is 314 g/mol. The standard InChI is InChI=1S/C16H21N3O5/c1-23-14-4-3-13(9-15(14)24-2)18-11-12(10-17)16(22)19(5-7-20)6-8-21/h3-4,9,11,18,20-21H,5-8H2,1-2H3/b12-11-. The number of aliphatic hydroxyl groups excluding tert-OH is 2. The summed E-state index contributed by atoms with van der Waals surface area (Å²) >= 11 is 0. The van der Waals surface area contributed by atoms with Crippen molar-refractivity contribution in [3.63, 3.8) is 0 Å². The van der Waals surface area contributed by atoms with Gasteiger partial charge in [0.25, 0.3) is 5.91 Å². The molecule has 0 atom stereocenters. The zero-order valence-electron chi connectivity index (χ0n) is 13.7. The van der Waals surface area contributed by atoms with Gasteiger partial charge in [0.2, 0.25) is 0 Å². The second-order valence-corrected chi connectivity index (χ2v) is 4.62. The van der Waals surface area contributed by atoms with E-state index in [4.69, 9.17) is 24.9 Å². The summed E-state index contributed by atoms with van der Waals surface area (Å²) in [5.74, 6) is 0.483. The molecule has 0 aliphatic heterocycles. The number of rotatable bonds is 9. The summed E-state index contributed by atoms with van der Waals surface area (Å²) in [6, 6.07) is 6.86. The Balaban J connectivity index is 2.93. The van der Waals surface area contributed by atoms with Crippen molar-refractivity contribution in [1.82, 2.24) is 4.90 Å². The van der Waals surface area contributed by atoms with E-state index < -0.39 is 5.91 Å². The van der Waals surface area contributed by atoms with E-state index in [0.717, 1.165) is 0 Å². The highest BCUT2D eigenvalue weighted by Crippen LogP contribution is 2.29. The predicted octanol–water partition coefficient (Wildman–Crippen LogP) is 0.336. The number of methoxy groups -OCH3 is 2. The van der Waals surface area contributed by atoms with Gasteiger partial charge in [-0.05, 0) is 12.1 Å². The van der Waals surface area contributed by atoms with Crippen LogP contribution in [0.5, 0.6) is 11.5 Å². The average molecular weight is 335 g/mol. The van der Waals surface area contributed by atoms with E-state index >= 15 is 0 Å². The Labute approximate surface area is 140 Å². The van der Waals surface area contributed by atoms with Crippen molar-refractivity contribution < 1.29 is 24.5 Å². The maximum absolute atomic E-state index is 12.2. The maximum atomic E-state index is 12.2. The van der Waals surface area contributed by atoms with Gasteiger partial charge in [0, 0.05) is 31.0 Å². The number of aliphatic hydroxyl groups is 2. The quantitative estimate of drug-likeness (QED) is 0.440. The molecule has 1 amide bonds. The third kappa shape index (κ3) is 5.15. The van der Waals surface area contributed by atoms with E-state index in [9.17, 15) is 4.79 Å². The molecule has 0 unspecified atom stereocenters. The number of benzene rings is 1. The Hall–Kier alpha value is -2.76. The highest BCUT2D eigenvalue weighted by Gasteiger charge is 2.17. The molecule has 3 N–H and O–H groups in total. The smallest absolute Gasteiger partial charge is 0.266 e. The van der Waals surface area contributed by atoms with E-state index in [-0.39, 0.29) is 31.9 Å². The molecule has 8 heteroatoms. The van der Waals surface area contributed by atoms with E-state index in [1.54, 1.807) is 18.2 Å². The third-order valence-electron chi connectivity index (χ3n) is 3.14. The number of ether oxygens (including phenoxy) is 2. The number of nitriles is 1. The van der Waals surface area contributed by atoms with E-state index in [1.807, 2.05) is 6.07 Å². The molecule has 1 aromatic carbocycles. The number of carbonyl (C=O) groups is 1. The molecule has 0 aromatic heterocycles. The third-order valence-corrected chi connectivity index (χ3v) is 3.14. The van der Waals surface area contributed by atoms with Crippen molar-refractivity contribution >= 4 is 11.6 Å². The monoisotopic (exact) mass is 335 g/mol.